The Morgan fingerprint density at radius 2 is 2.06 bits per heavy atom. The van der Waals surface area contributed by atoms with Crippen molar-refractivity contribution in [3.05, 3.63) is 35.9 Å². The Morgan fingerprint density at radius 3 is 2.65 bits per heavy atom. The summed E-state index contributed by atoms with van der Waals surface area (Å²) in [6, 6.07) is 10.7. The lowest BCUT2D eigenvalue weighted by atomic mass is 9.97. The molecule has 0 saturated carbocycles. The van der Waals surface area contributed by atoms with E-state index in [0.717, 1.165) is 13.0 Å². The number of likely N-dealkylation sites (tertiary alicyclic amines) is 1. The average Bonchev–Trinajstić information content (AvgIpc) is 2.71. The van der Waals surface area contributed by atoms with E-state index in [4.69, 9.17) is 11.6 Å². The topological polar surface area (TPSA) is 20.3 Å². The molecule has 3 heteroatoms. The highest BCUT2D eigenvalue weighted by atomic mass is 35.5. The lowest BCUT2D eigenvalue weighted by Crippen LogP contribution is -2.38. The van der Waals surface area contributed by atoms with E-state index in [1.165, 1.54) is 5.56 Å². The highest BCUT2D eigenvalue weighted by molar-refractivity contribution is 6.30. The summed E-state index contributed by atoms with van der Waals surface area (Å²) in [5.74, 6) is 0.503. The molecule has 92 valence electrons. The van der Waals surface area contributed by atoms with Crippen molar-refractivity contribution < 1.29 is 4.79 Å². The van der Waals surface area contributed by atoms with Gasteiger partial charge in [0.2, 0.25) is 5.91 Å². The average molecular weight is 252 g/mol. The molecule has 1 saturated heterocycles. The van der Waals surface area contributed by atoms with Gasteiger partial charge in [-0.1, -0.05) is 30.3 Å². The maximum Gasteiger partial charge on any atom is 0.240 e. The van der Waals surface area contributed by atoms with Gasteiger partial charge in [-0.25, -0.2) is 0 Å². The first-order valence-corrected chi connectivity index (χ1v) is 6.52. The molecular formula is C14H18ClNO. The van der Waals surface area contributed by atoms with Crippen LogP contribution in [0.3, 0.4) is 0 Å². The smallest absolute Gasteiger partial charge is 0.240 e. The number of benzene rings is 1. The van der Waals surface area contributed by atoms with E-state index in [1.54, 1.807) is 6.92 Å². The number of alkyl halides is 1. The monoisotopic (exact) mass is 251 g/mol. The number of hydrogen-bond acceptors (Lipinski definition) is 1. The fourth-order valence-corrected chi connectivity index (χ4v) is 2.66. The van der Waals surface area contributed by atoms with Crippen molar-refractivity contribution in [1.82, 2.24) is 4.90 Å². The van der Waals surface area contributed by atoms with E-state index < -0.39 is 5.38 Å². The van der Waals surface area contributed by atoms with Crippen LogP contribution in [0.15, 0.2) is 30.3 Å². The molecule has 1 aliphatic rings. The van der Waals surface area contributed by atoms with Gasteiger partial charge in [-0.2, -0.15) is 0 Å². The van der Waals surface area contributed by atoms with Crippen LogP contribution in [0.2, 0.25) is 0 Å². The second kappa shape index (κ2) is 5.09. The lowest BCUT2D eigenvalue weighted by Gasteiger charge is -2.22. The highest BCUT2D eigenvalue weighted by Gasteiger charge is 2.34. The molecule has 1 aromatic rings. The van der Waals surface area contributed by atoms with Crippen molar-refractivity contribution in [1.29, 1.82) is 0 Å². The van der Waals surface area contributed by atoms with Crippen LogP contribution < -0.4 is 0 Å². The van der Waals surface area contributed by atoms with Crippen LogP contribution in [0, 0.1) is 0 Å². The van der Waals surface area contributed by atoms with Crippen molar-refractivity contribution >= 4 is 17.5 Å². The highest BCUT2D eigenvalue weighted by Crippen LogP contribution is 2.32. The number of rotatable bonds is 2. The summed E-state index contributed by atoms with van der Waals surface area (Å²) in [5, 5.41) is -0.424. The summed E-state index contributed by atoms with van der Waals surface area (Å²) < 4.78 is 0. The number of carbonyl (C=O) groups is 1. The Kier molecular flexibility index (Phi) is 3.72. The van der Waals surface area contributed by atoms with Crippen LogP contribution in [0.25, 0.3) is 0 Å². The second-order valence-corrected chi connectivity index (χ2v) is 5.45. The Balaban J connectivity index is 2.10. The standard InChI is InChI=1S/C14H18ClNO/c1-10-8-13(12-6-4-3-5-7-12)9-16(10)14(17)11(2)15/h3-7,10-11,13H,8-9H2,1-2H3. The summed E-state index contributed by atoms with van der Waals surface area (Å²) in [4.78, 5) is 13.8. The molecule has 0 spiro atoms. The third-order valence-corrected chi connectivity index (χ3v) is 3.66. The van der Waals surface area contributed by atoms with Crippen molar-refractivity contribution in [2.75, 3.05) is 6.54 Å². The van der Waals surface area contributed by atoms with Gasteiger partial charge in [0.25, 0.3) is 0 Å². The van der Waals surface area contributed by atoms with E-state index in [-0.39, 0.29) is 11.9 Å². The summed E-state index contributed by atoms with van der Waals surface area (Å²) in [7, 11) is 0. The summed E-state index contributed by atoms with van der Waals surface area (Å²) >= 11 is 5.88. The van der Waals surface area contributed by atoms with E-state index in [1.807, 2.05) is 11.0 Å². The van der Waals surface area contributed by atoms with E-state index in [2.05, 4.69) is 31.2 Å². The van der Waals surface area contributed by atoms with Gasteiger partial charge in [-0.3, -0.25) is 4.79 Å². The summed E-state index contributed by atoms with van der Waals surface area (Å²) in [6.07, 6.45) is 1.03. The third-order valence-electron chi connectivity index (χ3n) is 3.47. The Hall–Kier alpha value is -1.02. The molecule has 1 aromatic carbocycles. The molecule has 1 heterocycles. The molecule has 17 heavy (non-hydrogen) atoms. The first-order valence-electron chi connectivity index (χ1n) is 6.09. The molecule has 3 unspecified atom stereocenters. The quantitative estimate of drug-likeness (QED) is 0.740. The molecule has 1 aliphatic heterocycles. The summed E-state index contributed by atoms with van der Waals surface area (Å²) in [6.45, 7) is 4.63. The molecule has 3 atom stereocenters. The van der Waals surface area contributed by atoms with Crippen LogP contribution in [0.4, 0.5) is 0 Å². The van der Waals surface area contributed by atoms with Gasteiger partial charge in [0.1, 0.15) is 5.38 Å². The number of amides is 1. The van der Waals surface area contributed by atoms with Crippen molar-refractivity contribution in [3.63, 3.8) is 0 Å². The zero-order valence-electron chi connectivity index (χ0n) is 10.3. The molecular weight excluding hydrogens is 234 g/mol. The van der Waals surface area contributed by atoms with Crippen LogP contribution in [-0.2, 0) is 4.79 Å². The minimum absolute atomic E-state index is 0.0533. The molecule has 0 bridgehead atoms. The number of carbonyl (C=O) groups excluding carboxylic acids is 1. The molecule has 1 amide bonds. The first kappa shape index (κ1) is 12.4. The second-order valence-electron chi connectivity index (χ2n) is 4.80. The molecule has 1 fully saturated rings. The maximum absolute atomic E-state index is 11.9. The fraction of sp³-hybridized carbons (Fsp3) is 0.500. The maximum atomic E-state index is 11.9. The molecule has 2 rings (SSSR count). The number of nitrogens with zero attached hydrogens (tertiary/aromatic N) is 1. The van der Waals surface area contributed by atoms with Crippen LogP contribution in [0.1, 0.15) is 31.7 Å². The fourth-order valence-electron chi connectivity index (χ4n) is 2.53. The Bertz CT molecular complexity index is 390. The molecule has 2 nitrogen and oxygen atoms in total. The normalized spacial score (nSPS) is 25.9. The molecule has 0 radical (unpaired) electrons. The van der Waals surface area contributed by atoms with Crippen molar-refractivity contribution in [2.45, 2.75) is 37.6 Å². The minimum atomic E-state index is -0.424. The zero-order chi connectivity index (χ0) is 12.4. The van der Waals surface area contributed by atoms with Gasteiger partial charge in [0.05, 0.1) is 0 Å². The Morgan fingerprint density at radius 1 is 1.41 bits per heavy atom. The minimum Gasteiger partial charge on any atom is -0.338 e. The van der Waals surface area contributed by atoms with Crippen LogP contribution in [-0.4, -0.2) is 28.8 Å². The van der Waals surface area contributed by atoms with Crippen molar-refractivity contribution in [2.24, 2.45) is 0 Å². The molecule has 0 aromatic heterocycles. The van der Waals surface area contributed by atoms with Gasteiger partial charge in [0.15, 0.2) is 0 Å². The molecule has 0 aliphatic carbocycles. The lowest BCUT2D eigenvalue weighted by molar-refractivity contribution is -0.131. The number of hydrogen-bond donors (Lipinski definition) is 0. The van der Waals surface area contributed by atoms with Crippen LogP contribution >= 0.6 is 11.6 Å². The van der Waals surface area contributed by atoms with Gasteiger partial charge in [0, 0.05) is 18.5 Å². The molecule has 0 N–H and O–H groups in total. The largest absolute Gasteiger partial charge is 0.338 e. The van der Waals surface area contributed by atoms with Gasteiger partial charge < -0.3 is 4.90 Å². The first-order chi connectivity index (χ1) is 8.09. The predicted octanol–water partition coefficient (Wildman–Crippen LogP) is 3.02. The summed E-state index contributed by atoms with van der Waals surface area (Å²) in [5.41, 5.74) is 1.32. The predicted molar refractivity (Wildman–Crippen MR) is 70.3 cm³/mol. The third kappa shape index (κ3) is 2.63. The van der Waals surface area contributed by atoms with Crippen LogP contribution in [0.5, 0.6) is 0 Å². The van der Waals surface area contributed by atoms with E-state index >= 15 is 0 Å². The van der Waals surface area contributed by atoms with Gasteiger partial charge in [-0.05, 0) is 25.8 Å². The Labute approximate surface area is 108 Å². The van der Waals surface area contributed by atoms with Gasteiger partial charge in [-0.15, -0.1) is 11.6 Å². The zero-order valence-corrected chi connectivity index (χ0v) is 11.0. The van der Waals surface area contributed by atoms with Gasteiger partial charge >= 0.3 is 0 Å². The van der Waals surface area contributed by atoms with E-state index in [0.29, 0.717) is 5.92 Å². The SMILES string of the molecule is CC(Cl)C(=O)N1CC(c2ccccc2)CC1C. The number of halogens is 1. The van der Waals surface area contributed by atoms with Crippen molar-refractivity contribution in [3.8, 4) is 0 Å². The van der Waals surface area contributed by atoms with E-state index in [9.17, 15) is 4.79 Å².